The summed E-state index contributed by atoms with van der Waals surface area (Å²) in [6.45, 7) is 1.18. The molecular formula is C22H20ClN3O6S. The lowest BCUT2D eigenvalue weighted by atomic mass is 10.2. The van der Waals surface area contributed by atoms with Crippen molar-refractivity contribution in [2.24, 2.45) is 0 Å². The molecule has 33 heavy (non-hydrogen) atoms. The first-order chi connectivity index (χ1) is 15.6. The van der Waals surface area contributed by atoms with E-state index < -0.39 is 27.4 Å². The smallest absolute Gasteiger partial charge is 0.271 e. The van der Waals surface area contributed by atoms with Crippen LogP contribution in [-0.2, 0) is 14.8 Å². The largest absolute Gasteiger partial charge is 0.495 e. The number of benzene rings is 3. The predicted molar refractivity (Wildman–Crippen MR) is 125 cm³/mol. The van der Waals surface area contributed by atoms with Gasteiger partial charge < -0.3 is 10.1 Å². The van der Waals surface area contributed by atoms with Crippen LogP contribution in [0.3, 0.4) is 0 Å². The summed E-state index contributed by atoms with van der Waals surface area (Å²) in [4.78, 5) is 23.3. The molecule has 0 unspecified atom stereocenters. The van der Waals surface area contributed by atoms with Crippen molar-refractivity contribution >= 4 is 44.6 Å². The van der Waals surface area contributed by atoms with Crippen molar-refractivity contribution in [2.75, 3.05) is 23.3 Å². The molecule has 0 atom stereocenters. The minimum Gasteiger partial charge on any atom is -0.495 e. The monoisotopic (exact) mass is 489 g/mol. The molecule has 11 heteroatoms. The number of hydrogen-bond donors (Lipinski definition) is 1. The Balaban J connectivity index is 1.97. The summed E-state index contributed by atoms with van der Waals surface area (Å²) in [5, 5.41) is 14.1. The van der Waals surface area contributed by atoms with E-state index in [2.05, 4.69) is 5.32 Å². The lowest BCUT2D eigenvalue weighted by molar-refractivity contribution is -0.384. The number of hydrogen-bond acceptors (Lipinski definition) is 6. The van der Waals surface area contributed by atoms with E-state index in [0.717, 1.165) is 15.9 Å². The number of anilines is 2. The maximum absolute atomic E-state index is 13.4. The van der Waals surface area contributed by atoms with Gasteiger partial charge in [-0.3, -0.25) is 19.2 Å². The molecule has 0 aromatic heterocycles. The van der Waals surface area contributed by atoms with Gasteiger partial charge in [0, 0.05) is 17.8 Å². The summed E-state index contributed by atoms with van der Waals surface area (Å²) in [7, 11) is -2.76. The molecule has 3 rings (SSSR count). The van der Waals surface area contributed by atoms with Crippen LogP contribution < -0.4 is 14.4 Å². The summed E-state index contributed by atoms with van der Waals surface area (Å²) in [6.07, 6.45) is 0. The van der Waals surface area contributed by atoms with E-state index in [1.54, 1.807) is 24.3 Å². The van der Waals surface area contributed by atoms with Gasteiger partial charge in [-0.2, -0.15) is 0 Å². The third-order valence-electron chi connectivity index (χ3n) is 4.66. The number of sulfonamides is 1. The Labute approximate surface area is 195 Å². The van der Waals surface area contributed by atoms with Crippen LogP contribution in [0.15, 0.2) is 71.6 Å². The van der Waals surface area contributed by atoms with Gasteiger partial charge in [0.15, 0.2) is 0 Å². The number of methoxy groups -OCH3 is 1. The number of carbonyl (C=O) groups excluding carboxylic acids is 1. The number of halogens is 1. The third-order valence-corrected chi connectivity index (χ3v) is 6.74. The van der Waals surface area contributed by atoms with Crippen LogP contribution in [0.4, 0.5) is 17.1 Å². The predicted octanol–water partition coefficient (Wildman–Crippen LogP) is 4.40. The molecular weight excluding hydrogens is 470 g/mol. The van der Waals surface area contributed by atoms with E-state index >= 15 is 0 Å². The Kier molecular flexibility index (Phi) is 7.19. The Morgan fingerprint density at radius 3 is 2.42 bits per heavy atom. The zero-order chi connectivity index (χ0) is 24.2. The lowest BCUT2D eigenvalue weighted by Gasteiger charge is -2.24. The Morgan fingerprint density at radius 2 is 1.82 bits per heavy atom. The average Bonchev–Trinajstić information content (AvgIpc) is 2.78. The zero-order valence-corrected chi connectivity index (χ0v) is 19.3. The van der Waals surface area contributed by atoms with Crippen LogP contribution in [0.2, 0.25) is 5.02 Å². The highest BCUT2D eigenvalue weighted by atomic mass is 35.5. The van der Waals surface area contributed by atoms with Crippen LogP contribution in [0, 0.1) is 17.0 Å². The van der Waals surface area contributed by atoms with E-state index in [4.69, 9.17) is 16.3 Å². The van der Waals surface area contributed by atoms with Gasteiger partial charge in [-0.15, -0.1) is 0 Å². The van der Waals surface area contributed by atoms with Crippen molar-refractivity contribution in [3.63, 3.8) is 0 Å². The zero-order valence-electron chi connectivity index (χ0n) is 17.7. The van der Waals surface area contributed by atoms with Crippen LogP contribution in [-0.4, -0.2) is 32.9 Å². The van der Waals surface area contributed by atoms with Crippen molar-refractivity contribution < 1.29 is 22.9 Å². The van der Waals surface area contributed by atoms with Gasteiger partial charge in [0.1, 0.15) is 12.3 Å². The SMILES string of the molecule is COc1ccc(NC(=O)CN(c2cccc([N+](=O)[O-])c2)S(=O)(=O)c2ccc(C)cc2)cc1Cl. The molecule has 1 amide bonds. The molecule has 3 aromatic rings. The molecule has 0 radical (unpaired) electrons. The van der Waals surface area contributed by atoms with Crippen molar-refractivity contribution in [2.45, 2.75) is 11.8 Å². The first kappa shape index (κ1) is 24.0. The van der Waals surface area contributed by atoms with Crippen molar-refractivity contribution in [3.8, 4) is 5.75 Å². The average molecular weight is 490 g/mol. The molecule has 0 saturated heterocycles. The number of rotatable bonds is 8. The fraction of sp³-hybridized carbons (Fsp3) is 0.136. The van der Waals surface area contributed by atoms with Gasteiger partial charge in [0.05, 0.1) is 27.6 Å². The molecule has 1 N–H and O–H groups in total. The number of amides is 1. The Morgan fingerprint density at radius 1 is 1.12 bits per heavy atom. The topological polar surface area (TPSA) is 119 Å². The van der Waals surface area contributed by atoms with Crippen molar-refractivity contribution in [1.29, 1.82) is 0 Å². The summed E-state index contributed by atoms with van der Waals surface area (Å²) in [6, 6.07) is 15.7. The summed E-state index contributed by atoms with van der Waals surface area (Å²) >= 11 is 6.08. The third kappa shape index (κ3) is 5.60. The van der Waals surface area contributed by atoms with Gasteiger partial charge in [-0.25, -0.2) is 8.42 Å². The fourth-order valence-electron chi connectivity index (χ4n) is 2.99. The van der Waals surface area contributed by atoms with Crippen molar-refractivity contribution in [1.82, 2.24) is 0 Å². The standard InChI is InChI=1S/C22H20ClN3O6S/c1-15-6-9-19(10-7-15)33(30,31)25(17-4-3-5-18(13-17)26(28)29)14-22(27)24-16-8-11-21(32-2)20(23)12-16/h3-13H,14H2,1-2H3,(H,24,27). The molecule has 0 aliphatic carbocycles. The second-order valence-corrected chi connectivity index (χ2v) is 9.27. The molecule has 0 saturated carbocycles. The minimum atomic E-state index is -4.22. The highest BCUT2D eigenvalue weighted by Crippen LogP contribution is 2.29. The van der Waals surface area contributed by atoms with Crippen LogP contribution in [0.1, 0.15) is 5.56 Å². The lowest BCUT2D eigenvalue weighted by Crippen LogP contribution is -2.38. The van der Waals surface area contributed by atoms with Crippen LogP contribution in [0.5, 0.6) is 5.75 Å². The number of nitro groups is 1. The maximum atomic E-state index is 13.4. The number of aryl methyl sites for hydroxylation is 1. The molecule has 9 nitrogen and oxygen atoms in total. The first-order valence-corrected chi connectivity index (χ1v) is 11.4. The number of nitrogens with one attached hydrogen (secondary N) is 1. The first-order valence-electron chi connectivity index (χ1n) is 9.59. The highest BCUT2D eigenvalue weighted by molar-refractivity contribution is 7.92. The molecule has 172 valence electrons. The molecule has 0 aliphatic heterocycles. The normalized spacial score (nSPS) is 11.0. The molecule has 3 aromatic carbocycles. The second-order valence-electron chi connectivity index (χ2n) is 7.00. The molecule has 0 aliphatic rings. The molecule has 0 bridgehead atoms. The van der Waals surface area contributed by atoms with E-state index in [9.17, 15) is 23.3 Å². The number of carbonyl (C=O) groups is 1. The van der Waals surface area contributed by atoms with E-state index in [1.807, 2.05) is 6.92 Å². The van der Waals surface area contributed by atoms with Crippen molar-refractivity contribution in [3.05, 3.63) is 87.4 Å². The van der Waals surface area contributed by atoms with Gasteiger partial charge >= 0.3 is 0 Å². The number of nitrogens with zero attached hydrogens (tertiary/aromatic N) is 2. The van der Waals surface area contributed by atoms with Gasteiger partial charge in [-0.05, 0) is 43.3 Å². The van der Waals surface area contributed by atoms with Gasteiger partial charge in [-0.1, -0.05) is 35.4 Å². The summed E-state index contributed by atoms with van der Waals surface area (Å²) < 4.78 is 32.7. The van der Waals surface area contributed by atoms with Crippen LogP contribution >= 0.6 is 11.6 Å². The van der Waals surface area contributed by atoms with Gasteiger partial charge in [0.2, 0.25) is 5.91 Å². The highest BCUT2D eigenvalue weighted by Gasteiger charge is 2.28. The van der Waals surface area contributed by atoms with Gasteiger partial charge in [0.25, 0.3) is 15.7 Å². The molecule has 0 fully saturated rings. The maximum Gasteiger partial charge on any atom is 0.271 e. The quantitative estimate of drug-likeness (QED) is 0.370. The number of non-ortho nitro benzene ring substituents is 1. The van der Waals surface area contributed by atoms with E-state index in [0.29, 0.717) is 11.4 Å². The summed E-state index contributed by atoms with van der Waals surface area (Å²) in [5.74, 6) is -0.256. The Bertz CT molecular complexity index is 1300. The van der Waals surface area contributed by atoms with E-state index in [1.165, 1.54) is 43.5 Å². The molecule has 0 spiro atoms. The summed E-state index contributed by atoms with van der Waals surface area (Å²) in [5.41, 5.74) is 0.856. The number of ether oxygens (including phenoxy) is 1. The van der Waals surface area contributed by atoms with E-state index in [-0.39, 0.29) is 21.3 Å². The molecule has 0 heterocycles. The fourth-order valence-corrected chi connectivity index (χ4v) is 4.66. The van der Waals surface area contributed by atoms with Crippen LogP contribution in [0.25, 0.3) is 0 Å². The second kappa shape index (κ2) is 9.88. The Hall–Kier alpha value is -3.63. The number of nitro benzene ring substituents is 1. The minimum absolute atomic E-state index is 0.0207.